The van der Waals surface area contributed by atoms with Crippen molar-refractivity contribution in [2.24, 2.45) is 5.10 Å². The number of hydrogen-bond donors (Lipinski definition) is 1. The minimum atomic E-state index is -4.62. The number of alkyl halides is 3. The average molecular weight is 542 g/mol. The van der Waals surface area contributed by atoms with Gasteiger partial charge in [0.05, 0.1) is 27.2 Å². The fourth-order valence-corrected chi connectivity index (χ4v) is 5.00. The molecule has 1 aliphatic rings. The molecule has 0 saturated carbocycles. The largest absolute Gasteiger partial charge is 0.416 e. The lowest BCUT2D eigenvalue weighted by atomic mass is 10.0. The molecule has 0 radical (unpaired) electrons. The van der Waals surface area contributed by atoms with Crippen molar-refractivity contribution in [2.45, 2.75) is 23.5 Å². The molecule has 1 amide bonds. The van der Waals surface area contributed by atoms with Crippen LogP contribution in [0.3, 0.4) is 0 Å². The third-order valence-corrected chi connectivity index (χ3v) is 7.12. The van der Waals surface area contributed by atoms with Crippen molar-refractivity contribution >= 4 is 50.5 Å². The van der Waals surface area contributed by atoms with E-state index in [-0.39, 0.29) is 17.2 Å². The van der Waals surface area contributed by atoms with Crippen molar-refractivity contribution < 1.29 is 26.4 Å². The van der Waals surface area contributed by atoms with Crippen molar-refractivity contribution in [1.29, 1.82) is 0 Å². The van der Waals surface area contributed by atoms with Gasteiger partial charge in [-0.25, -0.2) is 13.1 Å². The summed E-state index contributed by atoms with van der Waals surface area (Å²) in [5, 5.41) is 6.52. The lowest BCUT2D eigenvalue weighted by Crippen LogP contribution is -2.35. The molecule has 3 aromatic rings. The Hall–Kier alpha value is -3.08. The van der Waals surface area contributed by atoms with Crippen LogP contribution in [0, 0.1) is 0 Å². The highest BCUT2D eigenvalue weighted by atomic mass is 35.5. The molecule has 0 saturated heterocycles. The van der Waals surface area contributed by atoms with Gasteiger partial charge in [-0.1, -0.05) is 53.5 Å². The van der Waals surface area contributed by atoms with Crippen LogP contribution in [0.4, 0.5) is 18.9 Å². The minimum absolute atomic E-state index is 0.0529. The summed E-state index contributed by atoms with van der Waals surface area (Å²) in [5.41, 5.74) is 0.151. The number of hydrazone groups is 1. The average Bonchev–Trinajstić information content (AvgIpc) is 3.24. The summed E-state index contributed by atoms with van der Waals surface area (Å²) in [7, 11) is -4.45. The predicted molar refractivity (Wildman–Crippen MR) is 127 cm³/mol. The first-order valence-corrected chi connectivity index (χ1v) is 12.3. The maximum Gasteiger partial charge on any atom is 0.416 e. The Bertz CT molecular complexity index is 1400. The van der Waals surface area contributed by atoms with E-state index < -0.39 is 38.6 Å². The molecule has 35 heavy (non-hydrogen) atoms. The van der Waals surface area contributed by atoms with Crippen LogP contribution in [0.2, 0.25) is 10.0 Å². The molecule has 1 atom stereocenters. The van der Waals surface area contributed by atoms with E-state index >= 15 is 0 Å². The van der Waals surface area contributed by atoms with Crippen LogP contribution < -0.4 is 9.73 Å². The number of rotatable bonds is 5. The molecule has 12 heteroatoms. The summed E-state index contributed by atoms with van der Waals surface area (Å²) >= 11 is 12.3. The van der Waals surface area contributed by atoms with Crippen LogP contribution in [0.25, 0.3) is 0 Å². The number of nitrogens with one attached hydrogen (secondary N) is 1. The molecule has 1 heterocycles. The van der Waals surface area contributed by atoms with Gasteiger partial charge < -0.3 is 0 Å². The predicted octanol–water partition coefficient (Wildman–Crippen LogP) is 5.82. The van der Waals surface area contributed by atoms with Gasteiger partial charge in [0, 0.05) is 11.4 Å². The Morgan fingerprint density at radius 1 is 1.00 bits per heavy atom. The van der Waals surface area contributed by atoms with Gasteiger partial charge in [0.1, 0.15) is 5.71 Å². The van der Waals surface area contributed by atoms with Gasteiger partial charge in [-0.15, -0.1) is 0 Å². The summed E-state index contributed by atoms with van der Waals surface area (Å²) in [4.78, 5) is 12.4. The molecular weight excluding hydrogens is 526 g/mol. The first kappa shape index (κ1) is 25.0. The summed E-state index contributed by atoms with van der Waals surface area (Å²) < 4.78 is 65.5. The number of carbonyl (C=O) groups is 1. The van der Waals surface area contributed by atoms with Crippen molar-refractivity contribution in [3.63, 3.8) is 0 Å². The Labute approximate surface area is 209 Å². The van der Waals surface area contributed by atoms with Crippen LogP contribution in [0.15, 0.2) is 82.8 Å². The number of halogens is 5. The van der Waals surface area contributed by atoms with Gasteiger partial charge in [-0.2, -0.15) is 18.3 Å². The minimum Gasteiger partial charge on any atom is -0.267 e. The highest BCUT2D eigenvalue weighted by Gasteiger charge is 2.35. The number of sulfonamides is 1. The lowest BCUT2D eigenvalue weighted by Gasteiger charge is -2.24. The molecule has 6 nitrogen and oxygen atoms in total. The molecule has 1 N–H and O–H groups in total. The molecular formula is C23H16Cl2F3N3O3S. The van der Waals surface area contributed by atoms with E-state index in [0.29, 0.717) is 22.8 Å². The standard InChI is InChI=1S/C23H16Cl2F3N3O3S/c24-16-8-11-20(18(25)12-16)31-21(14-4-2-1-3-5-14)13-19(29-31)22(32)30-35(33,34)17-9-6-15(7-10-17)23(26,27)28/h1-12,21H,13H2,(H,30,32). The fourth-order valence-electron chi connectivity index (χ4n) is 3.53. The van der Waals surface area contributed by atoms with E-state index in [1.165, 1.54) is 11.1 Å². The van der Waals surface area contributed by atoms with E-state index in [4.69, 9.17) is 23.2 Å². The van der Waals surface area contributed by atoms with Crippen LogP contribution >= 0.6 is 23.2 Å². The number of amides is 1. The Morgan fingerprint density at radius 3 is 2.26 bits per heavy atom. The summed E-state index contributed by atoms with van der Waals surface area (Å²) in [6, 6.07) is 16.2. The number of anilines is 1. The molecule has 0 bridgehead atoms. The molecule has 0 aliphatic carbocycles. The number of benzene rings is 3. The second-order valence-corrected chi connectivity index (χ2v) is 10.1. The molecule has 0 spiro atoms. The van der Waals surface area contributed by atoms with Crippen LogP contribution in [0.1, 0.15) is 23.6 Å². The fraction of sp³-hybridized carbons (Fsp3) is 0.130. The first-order valence-electron chi connectivity index (χ1n) is 10.1. The van der Waals surface area contributed by atoms with Gasteiger partial charge in [-0.05, 0) is 48.0 Å². The Balaban J connectivity index is 1.62. The second kappa shape index (κ2) is 9.52. The summed E-state index contributed by atoms with van der Waals surface area (Å²) in [5.74, 6) is -1.00. The van der Waals surface area contributed by atoms with E-state index in [9.17, 15) is 26.4 Å². The van der Waals surface area contributed by atoms with Crippen LogP contribution in [-0.4, -0.2) is 20.0 Å². The molecule has 4 rings (SSSR count). The number of nitrogens with zero attached hydrogens (tertiary/aromatic N) is 2. The zero-order chi connectivity index (χ0) is 25.4. The van der Waals surface area contributed by atoms with Gasteiger partial charge in [-0.3, -0.25) is 9.80 Å². The summed E-state index contributed by atoms with van der Waals surface area (Å²) in [6.45, 7) is 0. The number of carbonyl (C=O) groups excluding carboxylic acids is 1. The topological polar surface area (TPSA) is 78.8 Å². The molecule has 1 unspecified atom stereocenters. The molecule has 182 valence electrons. The lowest BCUT2D eigenvalue weighted by molar-refractivity contribution is -0.137. The van der Waals surface area contributed by atoms with E-state index in [1.807, 2.05) is 35.1 Å². The van der Waals surface area contributed by atoms with Crippen molar-refractivity contribution in [3.05, 3.63) is 94.0 Å². The quantitative estimate of drug-likeness (QED) is 0.441. The maximum absolute atomic E-state index is 12.9. The highest BCUT2D eigenvalue weighted by Crippen LogP contribution is 2.39. The van der Waals surface area contributed by atoms with E-state index in [2.05, 4.69) is 5.10 Å². The second-order valence-electron chi connectivity index (χ2n) is 7.57. The normalized spacial score (nSPS) is 16.2. The monoisotopic (exact) mass is 541 g/mol. The molecule has 3 aromatic carbocycles. The van der Waals surface area contributed by atoms with Gasteiger partial charge in [0.2, 0.25) is 0 Å². The molecule has 1 aliphatic heterocycles. The van der Waals surface area contributed by atoms with Crippen molar-refractivity contribution in [3.8, 4) is 0 Å². The van der Waals surface area contributed by atoms with Gasteiger partial charge in [0.15, 0.2) is 0 Å². The summed E-state index contributed by atoms with van der Waals surface area (Å²) in [6.07, 6.45) is -4.57. The smallest absolute Gasteiger partial charge is 0.267 e. The van der Waals surface area contributed by atoms with Crippen molar-refractivity contribution in [2.75, 3.05) is 5.01 Å². The Kier molecular flexibility index (Phi) is 6.81. The van der Waals surface area contributed by atoms with Gasteiger partial charge >= 0.3 is 6.18 Å². The highest BCUT2D eigenvalue weighted by molar-refractivity contribution is 7.90. The van der Waals surface area contributed by atoms with E-state index in [1.54, 1.807) is 12.1 Å². The molecule has 0 aromatic heterocycles. The van der Waals surface area contributed by atoms with E-state index in [0.717, 1.165) is 17.7 Å². The van der Waals surface area contributed by atoms with Crippen molar-refractivity contribution in [1.82, 2.24) is 4.72 Å². The third kappa shape index (κ3) is 5.44. The van der Waals surface area contributed by atoms with Crippen LogP contribution in [-0.2, 0) is 21.0 Å². The maximum atomic E-state index is 12.9. The third-order valence-electron chi connectivity index (χ3n) is 5.23. The first-order chi connectivity index (χ1) is 16.5. The zero-order valence-electron chi connectivity index (χ0n) is 17.6. The van der Waals surface area contributed by atoms with Crippen LogP contribution in [0.5, 0.6) is 0 Å². The van der Waals surface area contributed by atoms with Gasteiger partial charge in [0.25, 0.3) is 15.9 Å². The number of hydrogen-bond acceptors (Lipinski definition) is 5. The zero-order valence-corrected chi connectivity index (χ0v) is 20.0. The SMILES string of the molecule is O=C(NS(=O)(=O)c1ccc(C(F)(F)F)cc1)C1=NN(c2ccc(Cl)cc2Cl)C(c2ccccc2)C1. The molecule has 0 fully saturated rings. The Morgan fingerprint density at radius 2 is 1.66 bits per heavy atom.